The van der Waals surface area contributed by atoms with Gasteiger partial charge in [0.05, 0.1) is 11.6 Å². The van der Waals surface area contributed by atoms with Crippen molar-refractivity contribution in [1.82, 2.24) is 5.43 Å². The fourth-order valence-corrected chi connectivity index (χ4v) is 3.73. The minimum Gasteiger partial charge on any atom is -0.375 e. The molecule has 3 rings (SSSR count). The van der Waals surface area contributed by atoms with E-state index in [1.807, 2.05) is 18.2 Å². The lowest BCUT2D eigenvalue weighted by Crippen LogP contribution is -2.48. The zero-order valence-electron chi connectivity index (χ0n) is 11.1. The molecule has 1 aliphatic heterocycles. The predicted molar refractivity (Wildman–Crippen MR) is 76.8 cm³/mol. The number of benzene rings is 1. The van der Waals surface area contributed by atoms with Gasteiger partial charge in [0.2, 0.25) is 0 Å². The van der Waals surface area contributed by atoms with E-state index in [-0.39, 0.29) is 11.6 Å². The summed E-state index contributed by atoms with van der Waals surface area (Å²) in [6, 6.07) is 8.09. The molecule has 0 aromatic heterocycles. The Kier molecular flexibility index (Phi) is 3.81. The Balaban J connectivity index is 1.80. The molecule has 2 atom stereocenters. The molecule has 2 aliphatic rings. The van der Waals surface area contributed by atoms with Crippen LogP contribution in [0.15, 0.2) is 24.3 Å². The number of hydrazine groups is 1. The third-order valence-corrected chi connectivity index (χ3v) is 5.03. The van der Waals surface area contributed by atoms with Gasteiger partial charge in [0, 0.05) is 11.6 Å². The second kappa shape index (κ2) is 5.41. The number of nitrogens with one attached hydrogen (secondary N) is 1. The Labute approximate surface area is 119 Å². The molecule has 1 saturated carbocycles. The molecule has 1 aromatic carbocycles. The van der Waals surface area contributed by atoms with E-state index in [9.17, 15) is 0 Å². The van der Waals surface area contributed by atoms with E-state index in [1.54, 1.807) is 0 Å². The van der Waals surface area contributed by atoms with Crippen LogP contribution in [0, 0.1) is 5.92 Å². The van der Waals surface area contributed by atoms with E-state index < -0.39 is 0 Å². The molecule has 4 heteroatoms. The number of ether oxygens (including phenoxy) is 1. The van der Waals surface area contributed by atoms with E-state index in [0.717, 1.165) is 30.0 Å². The molecule has 3 nitrogen and oxygen atoms in total. The van der Waals surface area contributed by atoms with Crippen LogP contribution in [-0.2, 0) is 4.74 Å². The Morgan fingerprint density at radius 2 is 2.16 bits per heavy atom. The van der Waals surface area contributed by atoms with Gasteiger partial charge < -0.3 is 4.74 Å². The van der Waals surface area contributed by atoms with Gasteiger partial charge in [0.15, 0.2) is 0 Å². The van der Waals surface area contributed by atoms with E-state index in [0.29, 0.717) is 5.92 Å². The van der Waals surface area contributed by atoms with Crippen molar-refractivity contribution in [2.45, 2.75) is 43.7 Å². The molecule has 0 bridgehead atoms. The lowest BCUT2D eigenvalue weighted by Gasteiger charge is -2.48. The molecule has 104 valence electrons. The molecule has 1 spiro atoms. The Morgan fingerprint density at radius 1 is 1.37 bits per heavy atom. The highest BCUT2D eigenvalue weighted by atomic mass is 35.5. The van der Waals surface area contributed by atoms with Crippen LogP contribution in [0.5, 0.6) is 0 Å². The van der Waals surface area contributed by atoms with Gasteiger partial charge in [-0.2, -0.15) is 0 Å². The van der Waals surface area contributed by atoms with Crippen LogP contribution in [0.4, 0.5) is 0 Å². The summed E-state index contributed by atoms with van der Waals surface area (Å²) in [5, 5.41) is 0.791. The number of hydrogen-bond acceptors (Lipinski definition) is 3. The Morgan fingerprint density at radius 3 is 2.79 bits per heavy atom. The first-order chi connectivity index (χ1) is 9.24. The molecule has 1 aliphatic carbocycles. The van der Waals surface area contributed by atoms with Crippen LogP contribution in [0.3, 0.4) is 0 Å². The van der Waals surface area contributed by atoms with Crippen molar-refractivity contribution >= 4 is 11.6 Å². The predicted octanol–water partition coefficient (Wildman–Crippen LogP) is 3.19. The molecule has 2 unspecified atom stereocenters. The maximum absolute atomic E-state index is 6.31. The van der Waals surface area contributed by atoms with Crippen molar-refractivity contribution in [2.75, 3.05) is 6.61 Å². The highest BCUT2D eigenvalue weighted by Crippen LogP contribution is 2.47. The maximum atomic E-state index is 6.31. The van der Waals surface area contributed by atoms with Gasteiger partial charge in [0.25, 0.3) is 0 Å². The van der Waals surface area contributed by atoms with E-state index >= 15 is 0 Å². The first-order valence-corrected chi connectivity index (χ1v) is 7.46. The minimum absolute atomic E-state index is 0.120. The van der Waals surface area contributed by atoms with Crippen LogP contribution in [0.1, 0.15) is 43.7 Å². The molecular weight excluding hydrogens is 260 g/mol. The van der Waals surface area contributed by atoms with Crippen LogP contribution in [0.2, 0.25) is 5.02 Å². The van der Waals surface area contributed by atoms with E-state index in [1.165, 1.54) is 19.3 Å². The molecule has 1 saturated heterocycles. The van der Waals surface area contributed by atoms with Gasteiger partial charge in [-0.25, -0.2) is 0 Å². The number of hydrogen-bond donors (Lipinski definition) is 2. The van der Waals surface area contributed by atoms with Crippen molar-refractivity contribution in [3.63, 3.8) is 0 Å². The molecule has 1 heterocycles. The monoisotopic (exact) mass is 280 g/mol. The summed E-state index contributed by atoms with van der Waals surface area (Å²) in [7, 11) is 0. The van der Waals surface area contributed by atoms with Gasteiger partial charge in [-0.15, -0.1) is 0 Å². The van der Waals surface area contributed by atoms with E-state index in [2.05, 4.69) is 11.5 Å². The number of halogens is 1. The number of rotatable bonds is 3. The summed E-state index contributed by atoms with van der Waals surface area (Å²) in [5.41, 5.74) is 4.22. The molecule has 3 N–H and O–H groups in total. The quantitative estimate of drug-likeness (QED) is 0.660. The van der Waals surface area contributed by atoms with Crippen molar-refractivity contribution in [2.24, 2.45) is 11.8 Å². The first kappa shape index (κ1) is 13.4. The Hall–Kier alpha value is -0.610. The van der Waals surface area contributed by atoms with Gasteiger partial charge >= 0.3 is 0 Å². The SMILES string of the molecule is NNC(c1ccccc1Cl)C1CCOC2(CCC2)C1. The zero-order valence-corrected chi connectivity index (χ0v) is 11.8. The van der Waals surface area contributed by atoms with Gasteiger partial charge in [0.1, 0.15) is 0 Å². The van der Waals surface area contributed by atoms with E-state index in [4.69, 9.17) is 22.2 Å². The molecule has 0 amide bonds. The second-order valence-electron chi connectivity index (χ2n) is 5.80. The van der Waals surface area contributed by atoms with Crippen molar-refractivity contribution < 1.29 is 4.74 Å². The zero-order chi connectivity index (χ0) is 13.3. The van der Waals surface area contributed by atoms with Crippen molar-refractivity contribution in [1.29, 1.82) is 0 Å². The first-order valence-electron chi connectivity index (χ1n) is 7.09. The normalized spacial score (nSPS) is 26.9. The lowest BCUT2D eigenvalue weighted by atomic mass is 9.70. The van der Waals surface area contributed by atoms with Gasteiger partial charge in [-0.3, -0.25) is 11.3 Å². The van der Waals surface area contributed by atoms with Gasteiger partial charge in [-0.05, 0) is 49.7 Å². The summed E-state index contributed by atoms with van der Waals surface area (Å²) in [6.45, 7) is 0.841. The van der Waals surface area contributed by atoms with Crippen molar-refractivity contribution in [3.8, 4) is 0 Å². The largest absolute Gasteiger partial charge is 0.375 e. The third-order valence-electron chi connectivity index (χ3n) is 4.69. The molecule has 19 heavy (non-hydrogen) atoms. The standard InChI is InChI=1S/C15H21ClN2O/c16-13-5-2-1-4-12(13)14(18-17)11-6-9-19-15(10-11)7-3-8-15/h1-2,4-5,11,14,18H,3,6-10,17H2. The second-order valence-corrected chi connectivity index (χ2v) is 6.21. The maximum Gasteiger partial charge on any atom is 0.0686 e. The molecule has 2 fully saturated rings. The van der Waals surface area contributed by atoms with Crippen LogP contribution < -0.4 is 11.3 Å². The van der Waals surface area contributed by atoms with Gasteiger partial charge in [-0.1, -0.05) is 29.8 Å². The Bertz CT molecular complexity index is 448. The summed E-state index contributed by atoms with van der Waals surface area (Å²) in [4.78, 5) is 0. The van der Waals surface area contributed by atoms with Crippen LogP contribution >= 0.6 is 11.6 Å². The van der Waals surface area contributed by atoms with Crippen LogP contribution in [-0.4, -0.2) is 12.2 Å². The summed E-state index contributed by atoms with van der Waals surface area (Å²) in [6.07, 6.45) is 5.82. The molecule has 0 radical (unpaired) electrons. The minimum atomic E-state index is 0.120. The smallest absolute Gasteiger partial charge is 0.0686 e. The summed E-state index contributed by atoms with van der Waals surface area (Å²) < 4.78 is 5.99. The number of nitrogens with two attached hydrogens (primary N) is 1. The highest BCUT2D eigenvalue weighted by Gasteiger charge is 2.44. The molecular formula is C15H21ClN2O. The average Bonchev–Trinajstić information content (AvgIpc) is 2.40. The van der Waals surface area contributed by atoms with Crippen molar-refractivity contribution in [3.05, 3.63) is 34.9 Å². The van der Waals surface area contributed by atoms with Crippen LogP contribution in [0.25, 0.3) is 0 Å². The topological polar surface area (TPSA) is 47.3 Å². The fourth-order valence-electron chi connectivity index (χ4n) is 3.48. The lowest BCUT2D eigenvalue weighted by molar-refractivity contribution is -0.147. The highest BCUT2D eigenvalue weighted by molar-refractivity contribution is 6.31. The average molecular weight is 281 g/mol. The molecule has 1 aromatic rings. The fraction of sp³-hybridized carbons (Fsp3) is 0.600. The third kappa shape index (κ3) is 2.52. The summed E-state index contributed by atoms with van der Waals surface area (Å²) in [5.74, 6) is 6.30. The summed E-state index contributed by atoms with van der Waals surface area (Å²) >= 11 is 6.31.